The van der Waals surface area contributed by atoms with Crippen LogP contribution in [0.4, 0.5) is 0 Å². The van der Waals surface area contributed by atoms with Crippen LogP contribution in [0.3, 0.4) is 0 Å². The summed E-state index contributed by atoms with van der Waals surface area (Å²) in [6.45, 7) is 10.3. The number of rotatable bonds is 8. The molecule has 1 N–H and O–H groups in total. The van der Waals surface area contributed by atoms with Gasteiger partial charge in [-0.3, -0.25) is 0 Å². The Morgan fingerprint density at radius 2 is 2.17 bits per heavy atom. The van der Waals surface area contributed by atoms with Crippen molar-refractivity contribution in [3.05, 3.63) is 35.9 Å². The number of benzene rings is 1. The van der Waals surface area contributed by atoms with Gasteiger partial charge in [-0.1, -0.05) is 13.5 Å². The molecule has 0 aliphatic heterocycles. The number of methoxy groups -OCH3 is 1. The molecule has 0 aliphatic carbocycles. The fourth-order valence-electron chi connectivity index (χ4n) is 1.56. The lowest BCUT2D eigenvalue weighted by Gasteiger charge is -2.13. The lowest BCUT2D eigenvalue weighted by atomic mass is 10.2. The normalized spacial score (nSPS) is 10.2. The van der Waals surface area contributed by atoms with Gasteiger partial charge in [0.05, 0.1) is 7.11 Å². The van der Waals surface area contributed by atoms with Crippen molar-refractivity contribution in [1.82, 2.24) is 5.32 Å². The number of hydrogen-bond donors (Lipinski definition) is 1. The Kier molecular flexibility index (Phi) is 6.29. The molecule has 0 aliphatic rings. The van der Waals surface area contributed by atoms with Gasteiger partial charge in [0.2, 0.25) is 0 Å². The average molecular weight is 249 g/mol. The summed E-state index contributed by atoms with van der Waals surface area (Å²) in [6, 6.07) is 5.87. The minimum atomic E-state index is 0.549. The summed E-state index contributed by atoms with van der Waals surface area (Å²) in [7, 11) is 1.67. The van der Waals surface area contributed by atoms with Gasteiger partial charge in [0, 0.05) is 12.1 Å². The van der Waals surface area contributed by atoms with E-state index in [1.165, 1.54) is 0 Å². The first kappa shape index (κ1) is 14.6. The first-order valence-electron chi connectivity index (χ1n) is 6.32. The molecule has 0 saturated heterocycles. The van der Waals surface area contributed by atoms with Crippen molar-refractivity contribution in [1.29, 1.82) is 0 Å². The summed E-state index contributed by atoms with van der Waals surface area (Å²) >= 11 is 0. The second kappa shape index (κ2) is 7.77. The maximum Gasteiger partial charge on any atom is 0.124 e. The molecule has 3 nitrogen and oxygen atoms in total. The smallest absolute Gasteiger partial charge is 0.124 e. The van der Waals surface area contributed by atoms with Gasteiger partial charge in [-0.15, -0.1) is 0 Å². The molecule has 0 unspecified atom stereocenters. The third kappa shape index (κ3) is 4.80. The SMILES string of the molecule is C=C(C)COc1ccc(OC)cc1CNCCC. The fraction of sp³-hybridized carbons (Fsp3) is 0.467. The second-order valence-electron chi connectivity index (χ2n) is 4.40. The zero-order valence-corrected chi connectivity index (χ0v) is 11.6. The Morgan fingerprint density at radius 1 is 1.39 bits per heavy atom. The molecular formula is C15H23NO2. The molecule has 1 aromatic rings. The van der Waals surface area contributed by atoms with Gasteiger partial charge in [0.25, 0.3) is 0 Å². The monoisotopic (exact) mass is 249 g/mol. The van der Waals surface area contributed by atoms with Gasteiger partial charge in [-0.05, 0) is 43.7 Å². The van der Waals surface area contributed by atoms with Gasteiger partial charge in [-0.2, -0.15) is 0 Å². The highest BCUT2D eigenvalue weighted by Crippen LogP contribution is 2.24. The molecule has 18 heavy (non-hydrogen) atoms. The van der Waals surface area contributed by atoms with Gasteiger partial charge in [0.1, 0.15) is 18.1 Å². The van der Waals surface area contributed by atoms with E-state index in [0.29, 0.717) is 6.61 Å². The van der Waals surface area contributed by atoms with Crippen molar-refractivity contribution in [3.8, 4) is 11.5 Å². The first-order valence-corrected chi connectivity index (χ1v) is 6.32. The molecule has 0 atom stereocenters. The van der Waals surface area contributed by atoms with Gasteiger partial charge >= 0.3 is 0 Å². The highest BCUT2D eigenvalue weighted by molar-refractivity contribution is 5.40. The summed E-state index contributed by atoms with van der Waals surface area (Å²) < 4.78 is 11.0. The fourth-order valence-corrected chi connectivity index (χ4v) is 1.56. The highest BCUT2D eigenvalue weighted by Gasteiger charge is 2.05. The molecule has 3 heteroatoms. The van der Waals surface area contributed by atoms with Crippen LogP contribution >= 0.6 is 0 Å². The minimum Gasteiger partial charge on any atom is -0.497 e. The second-order valence-corrected chi connectivity index (χ2v) is 4.40. The van der Waals surface area contributed by atoms with Crippen LogP contribution in [0.15, 0.2) is 30.4 Å². The molecule has 100 valence electrons. The van der Waals surface area contributed by atoms with Crippen LogP contribution in [0, 0.1) is 0 Å². The van der Waals surface area contributed by atoms with Gasteiger partial charge < -0.3 is 14.8 Å². The lowest BCUT2D eigenvalue weighted by Crippen LogP contribution is -2.15. The van der Waals surface area contributed by atoms with Crippen LogP contribution in [0.1, 0.15) is 25.8 Å². The first-order chi connectivity index (χ1) is 8.67. The van der Waals surface area contributed by atoms with E-state index in [0.717, 1.165) is 42.1 Å². The molecule has 0 heterocycles. The van der Waals surface area contributed by atoms with E-state index in [2.05, 4.69) is 18.8 Å². The summed E-state index contributed by atoms with van der Waals surface area (Å²) in [5, 5.41) is 3.37. The Bertz CT molecular complexity index is 388. The molecule has 1 aromatic carbocycles. The summed E-state index contributed by atoms with van der Waals surface area (Å²) in [4.78, 5) is 0. The molecular weight excluding hydrogens is 226 g/mol. The molecule has 0 bridgehead atoms. The van der Waals surface area contributed by atoms with Crippen LogP contribution in [-0.2, 0) is 6.54 Å². The van der Waals surface area contributed by atoms with Crippen LogP contribution in [0.25, 0.3) is 0 Å². The molecule has 0 fully saturated rings. The van der Waals surface area contributed by atoms with E-state index in [9.17, 15) is 0 Å². The van der Waals surface area contributed by atoms with Crippen molar-refractivity contribution in [2.45, 2.75) is 26.8 Å². The standard InChI is InChI=1S/C15H23NO2/c1-5-8-16-10-13-9-14(17-4)6-7-15(13)18-11-12(2)3/h6-7,9,16H,2,5,8,10-11H2,1,3-4H3. The number of hydrogen-bond acceptors (Lipinski definition) is 3. The third-order valence-electron chi connectivity index (χ3n) is 2.48. The molecule has 0 spiro atoms. The van der Waals surface area contributed by atoms with Crippen molar-refractivity contribution in [3.63, 3.8) is 0 Å². The van der Waals surface area contributed by atoms with Crippen molar-refractivity contribution >= 4 is 0 Å². The van der Waals surface area contributed by atoms with Crippen LogP contribution < -0.4 is 14.8 Å². The van der Waals surface area contributed by atoms with Gasteiger partial charge in [0.15, 0.2) is 0 Å². The Balaban J connectivity index is 2.75. The minimum absolute atomic E-state index is 0.549. The van der Waals surface area contributed by atoms with E-state index < -0.39 is 0 Å². The lowest BCUT2D eigenvalue weighted by molar-refractivity contribution is 0.345. The number of ether oxygens (including phenoxy) is 2. The largest absolute Gasteiger partial charge is 0.497 e. The Morgan fingerprint density at radius 3 is 2.78 bits per heavy atom. The predicted octanol–water partition coefficient (Wildman–Crippen LogP) is 3.15. The highest BCUT2D eigenvalue weighted by atomic mass is 16.5. The Labute approximate surface area is 110 Å². The maximum absolute atomic E-state index is 5.73. The average Bonchev–Trinajstić information content (AvgIpc) is 2.37. The topological polar surface area (TPSA) is 30.5 Å². The molecule has 0 amide bonds. The molecule has 0 aromatic heterocycles. The third-order valence-corrected chi connectivity index (χ3v) is 2.48. The Hall–Kier alpha value is -1.48. The van der Waals surface area contributed by atoms with E-state index in [1.54, 1.807) is 7.11 Å². The van der Waals surface area contributed by atoms with E-state index >= 15 is 0 Å². The molecule has 1 rings (SSSR count). The van der Waals surface area contributed by atoms with Crippen molar-refractivity contribution < 1.29 is 9.47 Å². The summed E-state index contributed by atoms with van der Waals surface area (Å²) in [5.41, 5.74) is 2.13. The van der Waals surface area contributed by atoms with E-state index in [4.69, 9.17) is 9.47 Å². The quantitative estimate of drug-likeness (QED) is 0.567. The summed E-state index contributed by atoms with van der Waals surface area (Å²) in [5.74, 6) is 1.74. The van der Waals surface area contributed by atoms with Crippen LogP contribution in [0.2, 0.25) is 0 Å². The van der Waals surface area contributed by atoms with Crippen molar-refractivity contribution in [2.24, 2.45) is 0 Å². The zero-order chi connectivity index (χ0) is 13.4. The van der Waals surface area contributed by atoms with Crippen molar-refractivity contribution in [2.75, 3.05) is 20.3 Å². The summed E-state index contributed by atoms with van der Waals surface area (Å²) in [6.07, 6.45) is 1.12. The van der Waals surface area contributed by atoms with Gasteiger partial charge in [-0.25, -0.2) is 0 Å². The number of nitrogens with one attached hydrogen (secondary N) is 1. The van der Waals surface area contributed by atoms with E-state index in [-0.39, 0.29) is 0 Å². The predicted molar refractivity (Wildman–Crippen MR) is 75.3 cm³/mol. The van der Waals surface area contributed by atoms with Crippen LogP contribution in [0.5, 0.6) is 11.5 Å². The molecule has 0 radical (unpaired) electrons. The molecule has 0 saturated carbocycles. The van der Waals surface area contributed by atoms with E-state index in [1.807, 2.05) is 25.1 Å². The zero-order valence-electron chi connectivity index (χ0n) is 11.6. The van der Waals surface area contributed by atoms with Crippen LogP contribution in [-0.4, -0.2) is 20.3 Å². The maximum atomic E-state index is 5.73.